The van der Waals surface area contributed by atoms with Crippen LogP contribution >= 0.6 is 11.6 Å². The lowest BCUT2D eigenvalue weighted by atomic mass is 10.0. The van der Waals surface area contributed by atoms with Crippen molar-refractivity contribution in [2.75, 3.05) is 24.7 Å². The van der Waals surface area contributed by atoms with Gasteiger partial charge < -0.3 is 0 Å². The molecule has 0 radical (unpaired) electrons. The summed E-state index contributed by atoms with van der Waals surface area (Å²) in [6, 6.07) is 0. The van der Waals surface area contributed by atoms with Crippen LogP contribution in [0.25, 0.3) is 0 Å². The van der Waals surface area contributed by atoms with Gasteiger partial charge in [0.1, 0.15) is 0 Å². The number of nitrogens with zero attached hydrogens (tertiary/aromatic N) is 1. The minimum Gasteiger partial charge on any atom is -0.212 e. The molecule has 0 aromatic carbocycles. The third-order valence-corrected chi connectivity index (χ3v) is 4.93. The molecule has 0 N–H and O–H groups in total. The maximum absolute atomic E-state index is 11.6. The average Bonchev–Trinajstić information content (AvgIpc) is 2.54. The van der Waals surface area contributed by atoms with Crippen LogP contribution in [0.1, 0.15) is 26.2 Å². The summed E-state index contributed by atoms with van der Waals surface area (Å²) in [5.74, 6) is 0.829. The maximum atomic E-state index is 11.6. The minimum absolute atomic E-state index is 0.0768. The molecular formula is C9H18ClNO2S. The SMILES string of the molecule is CCCC1CCN(S(=O)(=O)CCCl)C1. The van der Waals surface area contributed by atoms with Crippen LogP contribution in [0.3, 0.4) is 0 Å². The summed E-state index contributed by atoms with van der Waals surface area (Å²) < 4.78 is 24.8. The molecule has 1 aliphatic rings. The molecule has 1 unspecified atom stereocenters. The largest absolute Gasteiger partial charge is 0.215 e. The first kappa shape index (κ1) is 12.3. The molecule has 1 fully saturated rings. The lowest BCUT2D eigenvalue weighted by Crippen LogP contribution is -2.31. The molecule has 0 aromatic heterocycles. The van der Waals surface area contributed by atoms with Crippen LogP contribution < -0.4 is 0 Å². The molecule has 0 saturated carbocycles. The van der Waals surface area contributed by atoms with E-state index < -0.39 is 10.0 Å². The van der Waals surface area contributed by atoms with Crippen molar-refractivity contribution in [2.24, 2.45) is 5.92 Å². The fourth-order valence-electron chi connectivity index (χ4n) is 1.92. The zero-order chi connectivity index (χ0) is 10.6. The van der Waals surface area contributed by atoms with Crippen molar-refractivity contribution in [1.29, 1.82) is 0 Å². The highest BCUT2D eigenvalue weighted by atomic mass is 35.5. The third kappa shape index (κ3) is 3.11. The van der Waals surface area contributed by atoms with Crippen molar-refractivity contribution in [1.82, 2.24) is 4.31 Å². The summed E-state index contributed by atoms with van der Waals surface area (Å²) in [6.07, 6.45) is 3.27. The number of hydrogen-bond acceptors (Lipinski definition) is 2. The number of halogens is 1. The Kier molecular flexibility index (Phi) is 4.67. The second-order valence-electron chi connectivity index (χ2n) is 3.81. The monoisotopic (exact) mass is 239 g/mol. The molecule has 84 valence electrons. The topological polar surface area (TPSA) is 37.4 Å². The molecule has 1 atom stereocenters. The molecule has 14 heavy (non-hydrogen) atoms. The molecule has 0 amide bonds. The van der Waals surface area contributed by atoms with Crippen molar-refractivity contribution in [3.8, 4) is 0 Å². The van der Waals surface area contributed by atoms with Gasteiger partial charge >= 0.3 is 0 Å². The normalized spacial score (nSPS) is 24.3. The Morgan fingerprint density at radius 2 is 2.21 bits per heavy atom. The second kappa shape index (κ2) is 5.33. The summed E-state index contributed by atoms with van der Waals surface area (Å²) >= 11 is 5.46. The minimum atomic E-state index is -3.06. The molecule has 0 spiro atoms. The molecule has 1 rings (SSSR count). The maximum Gasteiger partial charge on any atom is 0.215 e. The second-order valence-corrected chi connectivity index (χ2v) is 6.27. The number of hydrogen-bond donors (Lipinski definition) is 0. The summed E-state index contributed by atoms with van der Waals surface area (Å²) in [5.41, 5.74) is 0. The van der Waals surface area contributed by atoms with Crippen LogP contribution in [-0.4, -0.2) is 37.4 Å². The van der Waals surface area contributed by atoms with Gasteiger partial charge in [0.15, 0.2) is 0 Å². The van der Waals surface area contributed by atoms with Crippen LogP contribution in [0.5, 0.6) is 0 Å². The molecule has 0 aromatic rings. The Labute approximate surface area is 91.5 Å². The average molecular weight is 240 g/mol. The first-order valence-electron chi connectivity index (χ1n) is 5.14. The van der Waals surface area contributed by atoms with E-state index in [0.29, 0.717) is 19.0 Å². The lowest BCUT2D eigenvalue weighted by Gasteiger charge is -2.15. The van der Waals surface area contributed by atoms with E-state index >= 15 is 0 Å². The van der Waals surface area contributed by atoms with Crippen LogP contribution in [0.2, 0.25) is 0 Å². The van der Waals surface area contributed by atoms with Crippen LogP contribution in [0.4, 0.5) is 0 Å². The van der Waals surface area contributed by atoms with Gasteiger partial charge in [0.2, 0.25) is 10.0 Å². The molecule has 0 aliphatic carbocycles. The molecule has 3 nitrogen and oxygen atoms in total. The molecule has 5 heteroatoms. The predicted molar refractivity (Wildman–Crippen MR) is 59.1 cm³/mol. The Hall–Kier alpha value is 0.200. The van der Waals surface area contributed by atoms with Gasteiger partial charge in [-0.2, -0.15) is 0 Å². The fraction of sp³-hybridized carbons (Fsp3) is 1.00. The highest BCUT2D eigenvalue weighted by Crippen LogP contribution is 2.23. The quantitative estimate of drug-likeness (QED) is 0.685. The van der Waals surface area contributed by atoms with E-state index in [0.717, 1.165) is 19.3 Å². The van der Waals surface area contributed by atoms with E-state index in [2.05, 4.69) is 6.92 Å². The van der Waals surface area contributed by atoms with E-state index in [1.165, 1.54) is 0 Å². The molecule has 1 saturated heterocycles. The van der Waals surface area contributed by atoms with Gasteiger partial charge in [-0.1, -0.05) is 13.3 Å². The summed E-state index contributed by atoms with van der Waals surface area (Å²) in [4.78, 5) is 0. The first-order chi connectivity index (χ1) is 6.60. The van der Waals surface area contributed by atoms with Gasteiger partial charge in [-0.05, 0) is 18.8 Å². The van der Waals surface area contributed by atoms with Gasteiger partial charge in [-0.3, -0.25) is 0 Å². The number of sulfonamides is 1. The third-order valence-electron chi connectivity index (χ3n) is 2.67. The molecule has 0 bridgehead atoms. The first-order valence-corrected chi connectivity index (χ1v) is 7.28. The summed E-state index contributed by atoms with van der Waals surface area (Å²) in [6.45, 7) is 3.52. The predicted octanol–water partition coefficient (Wildman–Crippen LogP) is 1.68. The Balaban J connectivity index is 2.49. The Bertz CT molecular complexity index is 266. The smallest absolute Gasteiger partial charge is 0.212 e. The Morgan fingerprint density at radius 3 is 2.79 bits per heavy atom. The molecular weight excluding hydrogens is 222 g/mol. The van der Waals surface area contributed by atoms with E-state index in [1.807, 2.05) is 0 Å². The van der Waals surface area contributed by atoms with Crippen molar-refractivity contribution in [3.05, 3.63) is 0 Å². The summed E-state index contributed by atoms with van der Waals surface area (Å²) in [5, 5.41) is 0. The Morgan fingerprint density at radius 1 is 1.50 bits per heavy atom. The zero-order valence-electron chi connectivity index (χ0n) is 8.58. The van der Waals surface area contributed by atoms with Crippen molar-refractivity contribution < 1.29 is 8.42 Å². The van der Waals surface area contributed by atoms with Gasteiger partial charge in [-0.15, -0.1) is 11.6 Å². The molecule has 1 aliphatic heterocycles. The summed E-state index contributed by atoms with van der Waals surface area (Å²) in [7, 11) is -3.06. The van der Waals surface area contributed by atoms with Gasteiger partial charge in [0.25, 0.3) is 0 Å². The standard InChI is InChI=1S/C9H18ClNO2S/c1-2-3-9-4-6-11(8-9)14(12,13)7-5-10/h9H,2-8H2,1H3. The zero-order valence-corrected chi connectivity index (χ0v) is 10.1. The van der Waals surface area contributed by atoms with Crippen LogP contribution in [0, 0.1) is 5.92 Å². The van der Waals surface area contributed by atoms with Gasteiger partial charge in [-0.25, -0.2) is 12.7 Å². The number of rotatable bonds is 5. The fourth-order valence-corrected chi connectivity index (χ4v) is 3.78. The van der Waals surface area contributed by atoms with E-state index in [4.69, 9.17) is 11.6 Å². The molecule has 1 heterocycles. The van der Waals surface area contributed by atoms with Crippen molar-refractivity contribution in [3.63, 3.8) is 0 Å². The van der Waals surface area contributed by atoms with E-state index in [1.54, 1.807) is 4.31 Å². The van der Waals surface area contributed by atoms with E-state index in [-0.39, 0.29) is 11.6 Å². The van der Waals surface area contributed by atoms with Gasteiger partial charge in [0, 0.05) is 19.0 Å². The van der Waals surface area contributed by atoms with Crippen LogP contribution in [0.15, 0.2) is 0 Å². The van der Waals surface area contributed by atoms with Crippen LogP contribution in [-0.2, 0) is 10.0 Å². The van der Waals surface area contributed by atoms with Crippen molar-refractivity contribution >= 4 is 21.6 Å². The number of alkyl halides is 1. The van der Waals surface area contributed by atoms with Crippen molar-refractivity contribution in [2.45, 2.75) is 26.2 Å². The highest BCUT2D eigenvalue weighted by Gasteiger charge is 2.29. The van der Waals surface area contributed by atoms with Gasteiger partial charge in [0.05, 0.1) is 5.75 Å². The highest BCUT2D eigenvalue weighted by molar-refractivity contribution is 7.89. The lowest BCUT2D eigenvalue weighted by molar-refractivity contribution is 0.445. The van der Waals surface area contributed by atoms with E-state index in [9.17, 15) is 8.42 Å².